The maximum atomic E-state index is 14.3. The van der Waals surface area contributed by atoms with E-state index in [-0.39, 0.29) is 22.7 Å². The smallest absolute Gasteiger partial charge is 0.223 e. The van der Waals surface area contributed by atoms with Gasteiger partial charge in [0.2, 0.25) is 11.3 Å². The lowest BCUT2D eigenvalue weighted by molar-refractivity contribution is -0.116. The van der Waals surface area contributed by atoms with E-state index in [1.54, 1.807) is 49.6 Å². The van der Waals surface area contributed by atoms with Crippen LogP contribution in [0.2, 0.25) is 0 Å². The molecule has 0 N–H and O–H groups in total. The fraction of sp³-hybridized carbons (Fsp3) is 0.0909. The van der Waals surface area contributed by atoms with Crippen LogP contribution in [-0.4, -0.2) is 32.5 Å². The monoisotopic (exact) mass is 403 g/mol. The van der Waals surface area contributed by atoms with Crippen molar-refractivity contribution < 1.29 is 9.18 Å². The van der Waals surface area contributed by atoms with Gasteiger partial charge in [0.15, 0.2) is 5.69 Å². The first-order chi connectivity index (χ1) is 14.5. The third-order valence-corrected chi connectivity index (χ3v) is 4.73. The molecule has 0 aliphatic rings. The number of para-hydroxylation sites is 1. The second-order valence-electron chi connectivity index (χ2n) is 6.65. The Balaban J connectivity index is 1.82. The van der Waals surface area contributed by atoms with Gasteiger partial charge in [-0.05, 0) is 36.4 Å². The van der Waals surface area contributed by atoms with Gasteiger partial charge < -0.3 is 4.90 Å². The molecule has 0 fully saturated rings. The number of halogens is 1. The van der Waals surface area contributed by atoms with Gasteiger partial charge in [0, 0.05) is 31.9 Å². The van der Waals surface area contributed by atoms with Crippen molar-refractivity contribution in [3.63, 3.8) is 0 Å². The van der Waals surface area contributed by atoms with Gasteiger partial charge in [0.05, 0.1) is 17.6 Å². The first-order valence-electron chi connectivity index (χ1n) is 9.20. The fourth-order valence-electron chi connectivity index (χ4n) is 3.05. The molecule has 2 aromatic heterocycles. The lowest BCUT2D eigenvalue weighted by Gasteiger charge is -2.16. The first kappa shape index (κ1) is 19.3. The van der Waals surface area contributed by atoms with Gasteiger partial charge in [-0.3, -0.25) is 9.59 Å². The Morgan fingerprint density at radius 2 is 1.87 bits per heavy atom. The minimum absolute atomic E-state index is 0.102. The number of benzene rings is 2. The summed E-state index contributed by atoms with van der Waals surface area (Å²) in [6.07, 6.45) is 3.03. The Kier molecular flexibility index (Phi) is 4.97. The Labute approximate surface area is 171 Å². The normalized spacial score (nSPS) is 10.8. The van der Waals surface area contributed by atoms with E-state index in [0.717, 1.165) is 0 Å². The molecule has 0 bridgehead atoms. The van der Waals surface area contributed by atoms with Crippen molar-refractivity contribution in [2.24, 2.45) is 0 Å². The van der Waals surface area contributed by atoms with Gasteiger partial charge in [-0.1, -0.05) is 18.2 Å². The van der Waals surface area contributed by atoms with E-state index in [0.29, 0.717) is 17.1 Å². The average Bonchev–Trinajstić information content (AvgIpc) is 3.23. The molecule has 2 aromatic carbocycles. The molecule has 0 atom stereocenters. The van der Waals surface area contributed by atoms with Crippen LogP contribution in [0.5, 0.6) is 0 Å². The maximum Gasteiger partial charge on any atom is 0.223 e. The quantitative estimate of drug-likeness (QED) is 0.525. The molecule has 150 valence electrons. The van der Waals surface area contributed by atoms with Crippen LogP contribution in [0.25, 0.3) is 22.8 Å². The summed E-state index contributed by atoms with van der Waals surface area (Å²) in [6.45, 7) is 1.48. The highest BCUT2D eigenvalue weighted by atomic mass is 19.1. The standard InChI is InChI=1S/C22H18FN5O2/c1-15(29)26(2)16-6-5-7-17(14-16)27-13-11-21(30)22(25-27)20-10-12-24-28(20)19-9-4-3-8-18(19)23/h3-14H,1-2H3. The van der Waals surface area contributed by atoms with E-state index in [4.69, 9.17) is 0 Å². The average molecular weight is 403 g/mol. The fourth-order valence-corrected chi connectivity index (χ4v) is 3.05. The summed E-state index contributed by atoms with van der Waals surface area (Å²) in [5.41, 5.74) is 1.76. The zero-order valence-corrected chi connectivity index (χ0v) is 16.4. The molecule has 0 aliphatic heterocycles. The highest BCUT2D eigenvalue weighted by Crippen LogP contribution is 2.21. The van der Waals surface area contributed by atoms with Gasteiger partial charge in [0.25, 0.3) is 0 Å². The molecule has 0 saturated carbocycles. The van der Waals surface area contributed by atoms with Crippen molar-refractivity contribution in [1.82, 2.24) is 19.6 Å². The Bertz CT molecular complexity index is 1290. The van der Waals surface area contributed by atoms with Crippen molar-refractivity contribution in [3.05, 3.63) is 89.1 Å². The van der Waals surface area contributed by atoms with Gasteiger partial charge >= 0.3 is 0 Å². The van der Waals surface area contributed by atoms with E-state index in [9.17, 15) is 14.0 Å². The van der Waals surface area contributed by atoms with Crippen molar-refractivity contribution in [2.75, 3.05) is 11.9 Å². The minimum atomic E-state index is -0.460. The summed E-state index contributed by atoms with van der Waals surface area (Å²) in [6, 6.07) is 16.4. The first-order valence-corrected chi connectivity index (χ1v) is 9.20. The van der Waals surface area contributed by atoms with Gasteiger partial charge in [-0.25, -0.2) is 13.8 Å². The molecule has 0 aliphatic carbocycles. The van der Waals surface area contributed by atoms with E-state index in [2.05, 4.69) is 10.2 Å². The summed E-state index contributed by atoms with van der Waals surface area (Å²) in [4.78, 5) is 25.8. The molecule has 30 heavy (non-hydrogen) atoms. The molecule has 1 amide bonds. The SMILES string of the molecule is CC(=O)N(C)c1cccc(-n2ccc(=O)c(-c3ccnn3-c3ccccc3F)n2)c1. The van der Waals surface area contributed by atoms with Crippen molar-refractivity contribution in [3.8, 4) is 22.8 Å². The molecule has 0 spiro atoms. The molecular weight excluding hydrogens is 385 g/mol. The number of anilines is 1. The minimum Gasteiger partial charge on any atom is -0.316 e. The lowest BCUT2D eigenvalue weighted by Crippen LogP contribution is -2.23. The predicted molar refractivity (Wildman–Crippen MR) is 111 cm³/mol. The van der Waals surface area contributed by atoms with E-state index >= 15 is 0 Å². The summed E-state index contributed by atoms with van der Waals surface area (Å²) in [7, 11) is 1.68. The Morgan fingerprint density at radius 1 is 1.07 bits per heavy atom. The second-order valence-corrected chi connectivity index (χ2v) is 6.65. The van der Waals surface area contributed by atoms with Gasteiger partial charge in [-0.15, -0.1) is 0 Å². The molecule has 2 heterocycles. The predicted octanol–water partition coefficient (Wildman–Crippen LogP) is 3.21. The van der Waals surface area contributed by atoms with Gasteiger partial charge in [-0.2, -0.15) is 10.2 Å². The molecule has 0 radical (unpaired) electrons. The molecule has 4 rings (SSSR count). The van der Waals surface area contributed by atoms with Crippen molar-refractivity contribution >= 4 is 11.6 Å². The Morgan fingerprint density at radius 3 is 2.63 bits per heavy atom. The van der Waals surface area contributed by atoms with Crippen LogP contribution in [0.4, 0.5) is 10.1 Å². The van der Waals surface area contributed by atoms with Crippen LogP contribution in [0.3, 0.4) is 0 Å². The van der Waals surface area contributed by atoms with Crippen LogP contribution < -0.4 is 10.3 Å². The molecule has 4 aromatic rings. The van der Waals surface area contributed by atoms with Crippen LogP contribution in [-0.2, 0) is 4.79 Å². The van der Waals surface area contributed by atoms with E-state index in [1.807, 2.05) is 12.1 Å². The summed E-state index contributed by atoms with van der Waals surface area (Å²) in [5.74, 6) is -0.562. The van der Waals surface area contributed by atoms with Crippen LogP contribution in [0.15, 0.2) is 77.9 Å². The number of hydrogen-bond acceptors (Lipinski definition) is 4. The number of aromatic nitrogens is 4. The molecule has 7 nitrogen and oxygen atoms in total. The van der Waals surface area contributed by atoms with Crippen molar-refractivity contribution in [2.45, 2.75) is 6.92 Å². The van der Waals surface area contributed by atoms with Crippen LogP contribution in [0, 0.1) is 5.82 Å². The number of rotatable bonds is 4. The van der Waals surface area contributed by atoms with E-state index < -0.39 is 5.82 Å². The molecular formula is C22H18FN5O2. The summed E-state index contributed by atoms with van der Waals surface area (Å²) < 4.78 is 17.2. The summed E-state index contributed by atoms with van der Waals surface area (Å²) >= 11 is 0. The highest BCUT2D eigenvalue weighted by molar-refractivity contribution is 5.91. The number of hydrogen-bond donors (Lipinski definition) is 0. The zero-order valence-electron chi connectivity index (χ0n) is 16.4. The third-order valence-electron chi connectivity index (χ3n) is 4.73. The summed E-state index contributed by atoms with van der Waals surface area (Å²) in [5, 5.41) is 8.63. The molecule has 0 saturated heterocycles. The number of carbonyl (C=O) groups is 1. The number of carbonyl (C=O) groups excluding carboxylic acids is 1. The van der Waals surface area contributed by atoms with E-state index in [1.165, 1.54) is 39.5 Å². The lowest BCUT2D eigenvalue weighted by atomic mass is 10.2. The second kappa shape index (κ2) is 7.75. The highest BCUT2D eigenvalue weighted by Gasteiger charge is 2.16. The molecule has 8 heteroatoms. The number of amides is 1. The molecule has 0 unspecified atom stereocenters. The third kappa shape index (κ3) is 3.50. The largest absolute Gasteiger partial charge is 0.316 e. The van der Waals surface area contributed by atoms with Crippen molar-refractivity contribution in [1.29, 1.82) is 0 Å². The Hall–Kier alpha value is -4.07. The topological polar surface area (TPSA) is 73.0 Å². The van der Waals surface area contributed by atoms with Crippen LogP contribution in [0.1, 0.15) is 6.92 Å². The van der Waals surface area contributed by atoms with Gasteiger partial charge in [0.1, 0.15) is 11.5 Å². The number of nitrogens with zero attached hydrogens (tertiary/aromatic N) is 5. The maximum absolute atomic E-state index is 14.3. The van der Waals surface area contributed by atoms with Crippen LogP contribution >= 0.6 is 0 Å². The zero-order chi connectivity index (χ0) is 21.3.